The smallest absolute Gasteiger partial charge is 0.253 e. The Hall–Kier alpha value is -1.99. The van der Waals surface area contributed by atoms with Crippen LogP contribution in [0.5, 0.6) is 0 Å². The van der Waals surface area contributed by atoms with Crippen molar-refractivity contribution < 1.29 is 4.79 Å². The summed E-state index contributed by atoms with van der Waals surface area (Å²) in [5, 5.41) is 4.64. The van der Waals surface area contributed by atoms with Crippen molar-refractivity contribution in [2.24, 2.45) is 5.84 Å². The van der Waals surface area contributed by atoms with E-state index in [1.54, 1.807) is 17.8 Å². The zero-order valence-corrected chi connectivity index (χ0v) is 9.70. The second-order valence-corrected chi connectivity index (χ2v) is 3.95. The van der Waals surface area contributed by atoms with E-state index in [-0.39, 0.29) is 5.91 Å². The maximum absolute atomic E-state index is 11.9. The third-order valence-electron chi connectivity index (χ3n) is 2.13. The van der Waals surface area contributed by atoms with Crippen LogP contribution >= 0.6 is 11.3 Å². The largest absolute Gasteiger partial charge is 0.346 e. The Morgan fingerprint density at radius 1 is 1.53 bits per heavy atom. The summed E-state index contributed by atoms with van der Waals surface area (Å²) in [6.07, 6.45) is 3.04. The number of hydrogen-bond donors (Lipinski definition) is 3. The summed E-state index contributed by atoms with van der Waals surface area (Å²) in [6, 6.07) is 1.60. The number of pyridine rings is 1. The fourth-order valence-electron chi connectivity index (χ4n) is 1.30. The molecule has 2 rings (SSSR count). The molecule has 88 valence electrons. The molecular weight excluding hydrogens is 238 g/mol. The van der Waals surface area contributed by atoms with Crippen LogP contribution in [0.2, 0.25) is 0 Å². The Balaban J connectivity index is 2.04. The molecule has 0 fully saturated rings. The van der Waals surface area contributed by atoms with Gasteiger partial charge in [0, 0.05) is 11.6 Å². The summed E-state index contributed by atoms with van der Waals surface area (Å²) in [5.74, 6) is 5.08. The lowest BCUT2D eigenvalue weighted by molar-refractivity contribution is 0.0951. The van der Waals surface area contributed by atoms with Crippen molar-refractivity contribution in [3.63, 3.8) is 0 Å². The maximum atomic E-state index is 11.9. The lowest BCUT2D eigenvalue weighted by Crippen LogP contribution is -2.25. The number of nitrogens with one attached hydrogen (secondary N) is 2. The van der Waals surface area contributed by atoms with E-state index in [0.29, 0.717) is 17.8 Å². The number of aromatic nitrogens is 2. The number of hydrogen-bond acceptors (Lipinski definition) is 6. The van der Waals surface area contributed by atoms with Gasteiger partial charge in [-0.05, 0) is 6.07 Å². The molecule has 4 N–H and O–H groups in total. The van der Waals surface area contributed by atoms with Crippen molar-refractivity contribution >= 4 is 22.9 Å². The molecule has 7 heteroatoms. The Morgan fingerprint density at radius 3 is 3.12 bits per heavy atom. The summed E-state index contributed by atoms with van der Waals surface area (Å²) >= 11 is 1.49. The molecule has 0 bridgehead atoms. The minimum atomic E-state index is -0.214. The van der Waals surface area contributed by atoms with Gasteiger partial charge in [0.15, 0.2) is 0 Å². The quantitative estimate of drug-likeness (QED) is 0.549. The number of amides is 1. The Bertz CT molecular complexity index is 499. The van der Waals surface area contributed by atoms with Gasteiger partial charge < -0.3 is 10.7 Å². The number of thiazole rings is 1. The van der Waals surface area contributed by atoms with Crippen molar-refractivity contribution in [1.29, 1.82) is 0 Å². The van der Waals surface area contributed by atoms with Crippen LogP contribution in [-0.2, 0) is 6.54 Å². The van der Waals surface area contributed by atoms with Crippen molar-refractivity contribution in [2.75, 3.05) is 5.43 Å². The van der Waals surface area contributed by atoms with Crippen LogP contribution in [0.3, 0.4) is 0 Å². The number of anilines is 1. The topological polar surface area (TPSA) is 92.9 Å². The Morgan fingerprint density at radius 2 is 2.41 bits per heavy atom. The zero-order valence-electron chi connectivity index (χ0n) is 8.88. The number of nitrogens with two attached hydrogens (primary N) is 1. The van der Waals surface area contributed by atoms with Gasteiger partial charge in [-0.25, -0.2) is 4.98 Å². The normalized spacial score (nSPS) is 9.94. The Kier molecular flexibility index (Phi) is 3.63. The first-order valence-electron chi connectivity index (χ1n) is 4.87. The number of nitrogen functional groups attached to an aromatic ring is 1. The van der Waals surface area contributed by atoms with Crippen LogP contribution in [-0.4, -0.2) is 15.9 Å². The molecule has 0 aliphatic carbocycles. The van der Waals surface area contributed by atoms with Crippen molar-refractivity contribution in [2.45, 2.75) is 6.54 Å². The molecule has 17 heavy (non-hydrogen) atoms. The van der Waals surface area contributed by atoms with Gasteiger partial charge >= 0.3 is 0 Å². The first-order valence-corrected chi connectivity index (χ1v) is 5.81. The molecule has 0 saturated carbocycles. The SMILES string of the molecule is NNc1cnccc1C(=O)NCc1cscn1. The third kappa shape index (κ3) is 2.77. The summed E-state index contributed by atoms with van der Waals surface area (Å²) in [7, 11) is 0. The highest BCUT2D eigenvalue weighted by Gasteiger charge is 2.10. The van der Waals surface area contributed by atoms with Gasteiger partial charge in [-0.3, -0.25) is 15.6 Å². The van der Waals surface area contributed by atoms with Crippen LogP contribution in [0.4, 0.5) is 5.69 Å². The molecule has 2 aromatic rings. The van der Waals surface area contributed by atoms with Gasteiger partial charge in [-0.2, -0.15) is 0 Å². The van der Waals surface area contributed by atoms with Crippen molar-refractivity contribution in [3.05, 3.63) is 40.6 Å². The predicted octanol–water partition coefficient (Wildman–Crippen LogP) is 0.754. The van der Waals surface area contributed by atoms with E-state index in [0.717, 1.165) is 5.69 Å². The van der Waals surface area contributed by atoms with E-state index < -0.39 is 0 Å². The fraction of sp³-hybridized carbons (Fsp3) is 0.100. The molecule has 2 heterocycles. The van der Waals surface area contributed by atoms with E-state index in [2.05, 4.69) is 20.7 Å². The summed E-state index contributed by atoms with van der Waals surface area (Å²) in [6.45, 7) is 0.397. The molecule has 0 unspecified atom stereocenters. The minimum Gasteiger partial charge on any atom is -0.346 e. The van der Waals surface area contributed by atoms with E-state index in [1.807, 2.05) is 5.38 Å². The first-order chi connectivity index (χ1) is 8.31. The van der Waals surface area contributed by atoms with Gasteiger partial charge in [-0.1, -0.05) is 0 Å². The van der Waals surface area contributed by atoms with Gasteiger partial charge in [-0.15, -0.1) is 11.3 Å². The van der Waals surface area contributed by atoms with E-state index in [1.165, 1.54) is 17.5 Å². The van der Waals surface area contributed by atoms with Gasteiger partial charge in [0.05, 0.1) is 35.2 Å². The highest BCUT2D eigenvalue weighted by Crippen LogP contribution is 2.11. The third-order valence-corrected chi connectivity index (χ3v) is 2.77. The second-order valence-electron chi connectivity index (χ2n) is 3.23. The molecule has 0 atom stereocenters. The standard InChI is InChI=1S/C10H11N5OS/c11-15-9-4-12-2-1-8(9)10(16)13-3-7-5-17-6-14-7/h1-2,4-6,15H,3,11H2,(H,13,16). The molecule has 0 aromatic carbocycles. The maximum Gasteiger partial charge on any atom is 0.253 e. The molecule has 0 aliphatic rings. The molecule has 1 amide bonds. The average Bonchev–Trinajstić information content (AvgIpc) is 2.89. The molecule has 0 spiro atoms. The lowest BCUT2D eigenvalue weighted by Gasteiger charge is -2.07. The first kappa shape index (κ1) is 11.5. The second kappa shape index (κ2) is 5.37. The van der Waals surface area contributed by atoms with Crippen LogP contribution in [0, 0.1) is 0 Å². The molecule has 0 aliphatic heterocycles. The molecule has 0 saturated heterocycles. The molecular formula is C10H11N5OS. The van der Waals surface area contributed by atoms with Crippen LogP contribution in [0.25, 0.3) is 0 Å². The van der Waals surface area contributed by atoms with Gasteiger partial charge in [0.1, 0.15) is 0 Å². The zero-order chi connectivity index (χ0) is 12.1. The van der Waals surface area contributed by atoms with Gasteiger partial charge in [0.2, 0.25) is 0 Å². The number of carbonyl (C=O) groups excluding carboxylic acids is 1. The van der Waals surface area contributed by atoms with Crippen molar-refractivity contribution in [3.8, 4) is 0 Å². The monoisotopic (exact) mass is 249 g/mol. The molecule has 0 radical (unpaired) electrons. The highest BCUT2D eigenvalue weighted by atomic mass is 32.1. The summed E-state index contributed by atoms with van der Waals surface area (Å²) < 4.78 is 0. The van der Waals surface area contributed by atoms with Crippen LogP contribution in [0.1, 0.15) is 16.1 Å². The number of hydrazine groups is 1. The number of rotatable bonds is 4. The fourth-order valence-corrected chi connectivity index (χ4v) is 1.86. The molecule has 6 nitrogen and oxygen atoms in total. The van der Waals surface area contributed by atoms with E-state index in [4.69, 9.17) is 5.84 Å². The van der Waals surface area contributed by atoms with Crippen molar-refractivity contribution in [1.82, 2.24) is 15.3 Å². The van der Waals surface area contributed by atoms with E-state index >= 15 is 0 Å². The minimum absolute atomic E-state index is 0.214. The Labute approximate surface area is 102 Å². The summed E-state index contributed by atoms with van der Waals surface area (Å²) in [4.78, 5) is 19.8. The van der Waals surface area contributed by atoms with Gasteiger partial charge in [0.25, 0.3) is 5.91 Å². The van der Waals surface area contributed by atoms with Crippen LogP contribution < -0.4 is 16.6 Å². The highest BCUT2D eigenvalue weighted by molar-refractivity contribution is 7.07. The molecule has 2 aromatic heterocycles. The predicted molar refractivity (Wildman–Crippen MR) is 65.3 cm³/mol. The summed E-state index contributed by atoms with van der Waals surface area (Å²) in [5.41, 5.74) is 5.93. The lowest BCUT2D eigenvalue weighted by atomic mass is 10.2. The number of carbonyl (C=O) groups is 1. The van der Waals surface area contributed by atoms with E-state index in [9.17, 15) is 4.79 Å². The van der Waals surface area contributed by atoms with Crippen LogP contribution in [0.15, 0.2) is 29.4 Å². The number of nitrogens with zero attached hydrogens (tertiary/aromatic N) is 2. The average molecular weight is 249 g/mol.